The van der Waals surface area contributed by atoms with Crippen molar-refractivity contribution in [3.8, 4) is 0 Å². The van der Waals surface area contributed by atoms with Gasteiger partial charge in [-0.15, -0.1) is 0 Å². The molecule has 4 aromatic rings. The van der Waals surface area contributed by atoms with Crippen LogP contribution in [0.25, 0.3) is 32.3 Å². The van der Waals surface area contributed by atoms with E-state index in [9.17, 15) is 8.42 Å². The predicted molar refractivity (Wildman–Crippen MR) is 92.7 cm³/mol. The maximum absolute atomic E-state index is 12.0. The Morgan fingerprint density at radius 1 is 0.818 bits per heavy atom. The minimum absolute atomic E-state index is 0.219. The highest BCUT2D eigenvalue weighted by Gasteiger charge is 2.20. The van der Waals surface area contributed by atoms with Crippen LogP contribution in [0.5, 0.6) is 0 Å². The number of halogens is 1. The zero-order chi connectivity index (χ0) is 15.6. The molecule has 0 N–H and O–H groups in total. The summed E-state index contributed by atoms with van der Waals surface area (Å²) >= 11 is 0. The van der Waals surface area contributed by atoms with Crippen LogP contribution in [0.3, 0.4) is 0 Å². The van der Waals surface area contributed by atoms with Gasteiger partial charge in [0.25, 0.3) is 9.05 Å². The SMILES string of the molecule is Cc1cc2ccc3cc(C)c(S(=O)(=O)Cl)c4ccc(c1)c2c34. The fourth-order valence-corrected chi connectivity index (χ4v) is 4.98. The molecule has 4 heteroatoms. The van der Waals surface area contributed by atoms with Crippen molar-refractivity contribution in [1.82, 2.24) is 0 Å². The van der Waals surface area contributed by atoms with E-state index in [1.54, 1.807) is 6.92 Å². The van der Waals surface area contributed by atoms with Crippen LogP contribution in [-0.4, -0.2) is 8.42 Å². The Bertz CT molecular complexity index is 1140. The number of hydrogen-bond acceptors (Lipinski definition) is 2. The molecule has 0 aliphatic carbocycles. The van der Waals surface area contributed by atoms with E-state index in [0.717, 1.165) is 26.9 Å². The molecule has 0 amide bonds. The molecular weight excluding hydrogens is 316 g/mol. The van der Waals surface area contributed by atoms with Crippen molar-refractivity contribution in [2.24, 2.45) is 0 Å². The highest BCUT2D eigenvalue weighted by molar-refractivity contribution is 8.14. The Morgan fingerprint density at radius 3 is 1.95 bits per heavy atom. The molecule has 0 heterocycles. The maximum atomic E-state index is 12.0. The lowest BCUT2D eigenvalue weighted by molar-refractivity contribution is 0.610. The van der Waals surface area contributed by atoms with E-state index in [2.05, 4.69) is 25.1 Å². The number of rotatable bonds is 1. The van der Waals surface area contributed by atoms with Crippen LogP contribution in [0.15, 0.2) is 47.4 Å². The summed E-state index contributed by atoms with van der Waals surface area (Å²) in [5, 5.41) is 6.05. The molecule has 0 spiro atoms. The normalized spacial score (nSPS) is 12.7. The molecule has 0 unspecified atom stereocenters. The van der Waals surface area contributed by atoms with E-state index in [0.29, 0.717) is 10.9 Å². The molecule has 0 aromatic heterocycles. The van der Waals surface area contributed by atoms with Gasteiger partial charge in [-0.25, -0.2) is 8.42 Å². The fourth-order valence-electron chi connectivity index (χ4n) is 3.49. The highest BCUT2D eigenvalue weighted by Crippen LogP contribution is 2.40. The Kier molecular flexibility index (Phi) is 2.72. The largest absolute Gasteiger partial charge is 0.262 e. The number of benzene rings is 4. The summed E-state index contributed by atoms with van der Waals surface area (Å²) in [6.07, 6.45) is 0. The van der Waals surface area contributed by atoms with E-state index in [-0.39, 0.29) is 4.90 Å². The minimum Gasteiger partial charge on any atom is -0.207 e. The fraction of sp³-hybridized carbons (Fsp3) is 0.111. The summed E-state index contributed by atoms with van der Waals surface area (Å²) in [4.78, 5) is 0.219. The molecule has 0 aliphatic rings. The highest BCUT2D eigenvalue weighted by atomic mass is 35.7. The van der Waals surface area contributed by atoms with Crippen LogP contribution < -0.4 is 0 Å². The summed E-state index contributed by atoms with van der Waals surface area (Å²) in [6.45, 7) is 3.85. The molecule has 0 saturated heterocycles. The first-order valence-corrected chi connectivity index (χ1v) is 9.30. The van der Waals surface area contributed by atoms with Crippen molar-refractivity contribution in [2.75, 3.05) is 0 Å². The van der Waals surface area contributed by atoms with Crippen LogP contribution in [0.4, 0.5) is 0 Å². The van der Waals surface area contributed by atoms with Gasteiger partial charge >= 0.3 is 0 Å². The first kappa shape index (κ1) is 13.8. The third-order valence-corrected chi connectivity index (χ3v) is 5.73. The lowest BCUT2D eigenvalue weighted by atomic mass is 9.92. The molecule has 0 saturated carbocycles. The van der Waals surface area contributed by atoms with Crippen molar-refractivity contribution < 1.29 is 8.42 Å². The van der Waals surface area contributed by atoms with Gasteiger partial charge in [-0.3, -0.25) is 0 Å². The molecule has 22 heavy (non-hydrogen) atoms. The van der Waals surface area contributed by atoms with Gasteiger partial charge in [-0.1, -0.05) is 42.5 Å². The standard InChI is InChI=1S/C18H13ClO2S/c1-10-7-12-3-4-14-9-11(2)18(22(19,20)21)15-6-5-13(8-10)16(12)17(14)15/h3-9H,1-2H3. The van der Waals surface area contributed by atoms with Gasteiger partial charge in [0.05, 0.1) is 4.90 Å². The van der Waals surface area contributed by atoms with E-state index in [1.807, 2.05) is 24.3 Å². The van der Waals surface area contributed by atoms with Gasteiger partial charge < -0.3 is 0 Å². The summed E-state index contributed by atoms with van der Waals surface area (Å²) in [6, 6.07) is 14.1. The third-order valence-electron chi connectivity index (χ3n) is 4.24. The molecule has 4 rings (SSSR count). The van der Waals surface area contributed by atoms with Gasteiger partial charge in [-0.2, -0.15) is 0 Å². The predicted octanol–water partition coefficient (Wildman–Crippen LogP) is 5.13. The molecule has 0 bridgehead atoms. The van der Waals surface area contributed by atoms with E-state index in [4.69, 9.17) is 10.7 Å². The lowest BCUT2D eigenvalue weighted by Gasteiger charge is -2.15. The maximum Gasteiger partial charge on any atom is 0.262 e. The summed E-state index contributed by atoms with van der Waals surface area (Å²) < 4.78 is 24.0. The molecular formula is C18H13ClO2S. The summed E-state index contributed by atoms with van der Waals surface area (Å²) in [5.74, 6) is 0. The van der Waals surface area contributed by atoms with Crippen LogP contribution in [0, 0.1) is 13.8 Å². The first-order chi connectivity index (χ1) is 10.4. The van der Waals surface area contributed by atoms with E-state index >= 15 is 0 Å². The Balaban J connectivity index is 2.39. The molecule has 110 valence electrons. The minimum atomic E-state index is -3.79. The monoisotopic (exact) mass is 328 g/mol. The second-order valence-corrected chi connectivity index (χ2v) is 8.33. The van der Waals surface area contributed by atoms with Crippen LogP contribution in [0.1, 0.15) is 11.1 Å². The van der Waals surface area contributed by atoms with Gasteiger partial charge in [0.15, 0.2) is 0 Å². The Labute approximate surface area is 133 Å². The van der Waals surface area contributed by atoms with Gasteiger partial charge in [0, 0.05) is 16.1 Å². The third kappa shape index (κ3) is 1.82. The lowest BCUT2D eigenvalue weighted by Crippen LogP contribution is -1.98. The van der Waals surface area contributed by atoms with Crippen molar-refractivity contribution in [1.29, 1.82) is 0 Å². The van der Waals surface area contributed by atoms with Gasteiger partial charge in [0.1, 0.15) is 0 Å². The van der Waals surface area contributed by atoms with E-state index < -0.39 is 9.05 Å². The van der Waals surface area contributed by atoms with Gasteiger partial charge in [0.2, 0.25) is 0 Å². The second-order valence-electron chi connectivity index (χ2n) is 5.82. The average molecular weight is 329 g/mol. The summed E-state index contributed by atoms with van der Waals surface area (Å²) in [5.41, 5.74) is 1.87. The van der Waals surface area contributed by atoms with Crippen molar-refractivity contribution >= 4 is 52.1 Å². The van der Waals surface area contributed by atoms with Crippen molar-refractivity contribution in [2.45, 2.75) is 18.7 Å². The Morgan fingerprint density at radius 2 is 1.36 bits per heavy atom. The van der Waals surface area contributed by atoms with Crippen LogP contribution in [-0.2, 0) is 9.05 Å². The van der Waals surface area contributed by atoms with Crippen molar-refractivity contribution in [3.63, 3.8) is 0 Å². The molecule has 0 fully saturated rings. The number of hydrogen-bond donors (Lipinski definition) is 0. The van der Waals surface area contributed by atoms with Crippen LogP contribution in [0.2, 0.25) is 0 Å². The zero-order valence-corrected chi connectivity index (χ0v) is 13.7. The Hall–Kier alpha value is -1.84. The van der Waals surface area contributed by atoms with Crippen LogP contribution >= 0.6 is 10.7 Å². The zero-order valence-electron chi connectivity index (χ0n) is 12.1. The quantitative estimate of drug-likeness (QED) is 0.358. The first-order valence-electron chi connectivity index (χ1n) is 7.00. The topological polar surface area (TPSA) is 34.1 Å². The smallest absolute Gasteiger partial charge is 0.207 e. The van der Waals surface area contributed by atoms with Crippen molar-refractivity contribution in [3.05, 3.63) is 53.6 Å². The second kappa shape index (κ2) is 4.34. The molecule has 0 aliphatic heterocycles. The molecule has 0 radical (unpaired) electrons. The number of aryl methyl sites for hydroxylation is 2. The summed E-state index contributed by atoms with van der Waals surface area (Å²) in [7, 11) is 1.89. The molecule has 2 nitrogen and oxygen atoms in total. The van der Waals surface area contributed by atoms with E-state index in [1.165, 1.54) is 5.56 Å². The molecule has 4 aromatic carbocycles. The van der Waals surface area contributed by atoms with Gasteiger partial charge in [-0.05, 0) is 51.9 Å². The molecule has 0 atom stereocenters. The average Bonchev–Trinajstić information content (AvgIpc) is 2.42.